The van der Waals surface area contributed by atoms with Gasteiger partial charge in [0, 0.05) is 68.4 Å². The molecule has 0 radical (unpaired) electrons. The fourth-order valence-corrected chi connectivity index (χ4v) is 6.20. The molecule has 1 atom stereocenters. The minimum absolute atomic E-state index is 0.0721. The molecule has 10 heteroatoms. The summed E-state index contributed by atoms with van der Waals surface area (Å²) in [6, 6.07) is 6.11. The molecule has 1 saturated heterocycles. The standard InChI is InChI=1S/C33H46F3N5O2/c1-22(2)29(8-7-12-38(5)14-15-43-6)39-19-24(20-39)30-17-27(31-18-37-11-13-40(30)31)26-10-9-25(34)16-28(26)33(42)41(23(3)4)21-32(35)36/h9-11,13,16-18,22-24,29,32H,7-8,12,14-15,19-21H2,1-6H3. The molecule has 236 valence electrons. The molecule has 1 aliphatic rings. The number of carbonyl (C=O) groups is 1. The topological polar surface area (TPSA) is 53.3 Å². The summed E-state index contributed by atoms with van der Waals surface area (Å²) in [7, 11) is 3.86. The molecule has 0 spiro atoms. The molecule has 0 N–H and O–H groups in total. The maximum absolute atomic E-state index is 14.5. The zero-order valence-electron chi connectivity index (χ0n) is 26.3. The molecule has 2 aromatic heterocycles. The van der Waals surface area contributed by atoms with Gasteiger partial charge in [0.05, 0.1) is 30.4 Å². The molecular formula is C33H46F3N5O2. The number of hydrogen-bond donors (Lipinski definition) is 0. The molecule has 4 rings (SSSR count). The molecule has 1 unspecified atom stereocenters. The van der Waals surface area contributed by atoms with E-state index in [9.17, 15) is 18.0 Å². The lowest BCUT2D eigenvalue weighted by Gasteiger charge is -2.46. The number of alkyl halides is 2. The van der Waals surface area contributed by atoms with E-state index in [1.165, 1.54) is 6.07 Å². The minimum atomic E-state index is -2.69. The monoisotopic (exact) mass is 601 g/mol. The van der Waals surface area contributed by atoms with Crippen LogP contribution in [0.5, 0.6) is 0 Å². The van der Waals surface area contributed by atoms with Crippen LogP contribution < -0.4 is 0 Å². The number of amides is 1. The summed E-state index contributed by atoms with van der Waals surface area (Å²) in [6.45, 7) is 11.7. The number of aromatic nitrogens is 2. The number of methoxy groups -OCH3 is 1. The molecule has 0 aliphatic carbocycles. The van der Waals surface area contributed by atoms with E-state index in [1.54, 1.807) is 39.4 Å². The molecule has 7 nitrogen and oxygen atoms in total. The van der Waals surface area contributed by atoms with Crippen LogP contribution in [0.2, 0.25) is 0 Å². The van der Waals surface area contributed by atoms with Gasteiger partial charge in [-0.3, -0.25) is 14.7 Å². The number of benzene rings is 1. The quantitative estimate of drug-likeness (QED) is 0.213. The van der Waals surface area contributed by atoms with E-state index >= 15 is 0 Å². The Hall–Kier alpha value is -2.95. The maximum atomic E-state index is 14.5. The first-order valence-corrected chi connectivity index (χ1v) is 15.3. The highest BCUT2D eigenvalue weighted by atomic mass is 19.3. The number of nitrogens with zero attached hydrogens (tertiary/aromatic N) is 5. The Kier molecular flexibility index (Phi) is 11.3. The van der Waals surface area contributed by atoms with Crippen LogP contribution in [0.25, 0.3) is 16.6 Å². The number of ether oxygens (including phenoxy) is 1. The zero-order valence-corrected chi connectivity index (χ0v) is 26.3. The van der Waals surface area contributed by atoms with Crippen LogP contribution in [0.3, 0.4) is 0 Å². The van der Waals surface area contributed by atoms with Crippen LogP contribution in [-0.4, -0.2) is 102 Å². The number of likely N-dealkylation sites (N-methyl/N-ethyl adjacent to an activating group) is 1. The Labute approximate surface area is 253 Å². The molecule has 3 aromatic rings. The molecule has 0 bridgehead atoms. The summed E-state index contributed by atoms with van der Waals surface area (Å²) >= 11 is 0. The van der Waals surface area contributed by atoms with Gasteiger partial charge < -0.3 is 18.9 Å². The van der Waals surface area contributed by atoms with E-state index in [4.69, 9.17) is 4.74 Å². The van der Waals surface area contributed by atoms with Crippen LogP contribution in [0.1, 0.15) is 62.5 Å². The van der Waals surface area contributed by atoms with Gasteiger partial charge in [0.2, 0.25) is 0 Å². The zero-order chi connectivity index (χ0) is 31.3. The second-order valence-corrected chi connectivity index (χ2v) is 12.3. The summed E-state index contributed by atoms with van der Waals surface area (Å²) in [5.41, 5.74) is 3.22. The number of rotatable bonds is 15. The summed E-state index contributed by atoms with van der Waals surface area (Å²) < 4.78 is 48.5. The van der Waals surface area contributed by atoms with Crippen molar-refractivity contribution in [3.63, 3.8) is 0 Å². The van der Waals surface area contributed by atoms with Crippen LogP contribution in [0.4, 0.5) is 13.2 Å². The predicted octanol–water partition coefficient (Wildman–Crippen LogP) is 6.04. The van der Waals surface area contributed by atoms with Gasteiger partial charge in [0.25, 0.3) is 12.3 Å². The first kappa shape index (κ1) is 33.0. The van der Waals surface area contributed by atoms with Gasteiger partial charge in [-0.05, 0) is 70.0 Å². The third kappa shape index (κ3) is 7.77. The van der Waals surface area contributed by atoms with E-state index in [0.29, 0.717) is 17.5 Å². The molecule has 3 heterocycles. The lowest BCUT2D eigenvalue weighted by Crippen LogP contribution is -2.53. The third-order valence-corrected chi connectivity index (χ3v) is 8.61. The van der Waals surface area contributed by atoms with Gasteiger partial charge in [-0.1, -0.05) is 19.9 Å². The summed E-state index contributed by atoms with van der Waals surface area (Å²) in [5, 5.41) is 0. The van der Waals surface area contributed by atoms with Crippen LogP contribution in [0, 0.1) is 11.7 Å². The molecule has 1 aliphatic heterocycles. The average molecular weight is 602 g/mol. The van der Waals surface area contributed by atoms with Crippen molar-refractivity contribution < 1.29 is 22.7 Å². The van der Waals surface area contributed by atoms with Gasteiger partial charge >= 0.3 is 0 Å². The Morgan fingerprint density at radius 3 is 2.51 bits per heavy atom. The van der Waals surface area contributed by atoms with E-state index in [1.807, 2.05) is 6.20 Å². The van der Waals surface area contributed by atoms with E-state index < -0.39 is 30.7 Å². The third-order valence-electron chi connectivity index (χ3n) is 8.61. The first-order chi connectivity index (χ1) is 20.5. The summed E-state index contributed by atoms with van der Waals surface area (Å²) in [5.74, 6) is -0.398. The molecule has 0 saturated carbocycles. The second kappa shape index (κ2) is 14.7. The van der Waals surface area contributed by atoms with Crippen LogP contribution >= 0.6 is 0 Å². The van der Waals surface area contributed by atoms with Crippen molar-refractivity contribution in [3.8, 4) is 11.1 Å². The lowest BCUT2D eigenvalue weighted by molar-refractivity contribution is 0.0476. The van der Waals surface area contributed by atoms with Crippen LogP contribution in [-0.2, 0) is 4.74 Å². The van der Waals surface area contributed by atoms with Crippen molar-refractivity contribution in [1.29, 1.82) is 0 Å². The molecular weight excluding hydrogens is 555 g/mol. The summed E-state index contributed by atoms with van der Waals surface area (Å²) in [6.07, 6.45) is 4.93. The van der Waals surface area contributed by atoms with Crippen molar-refractivity contribution in [3.05, 3.63) is 59.9 Å². The highest BCUT2D eigenvalue weighted by Gasteiger charge is 2.36. The van der Waals surface area contributed by atoms with Crippen molar-refractivity contribution in [2.45, 2.75) is 65.0 Å². The Morgan fingerprint density at radius 2 is 1.86 bits per heavy atom. The Morgan fingerprint density at radius 1 is 1.12 bits per heavy atom. The highest BCUT2D eigenvalue weighted by molar-refractivity contribution is 6.03. The largest absolute Gasteiger partial charge is 0.383 e. The fourth-order valence-electron chi connectivity index (χ4n) is 6.20. The summed E-state index contributed by atoms with van der Waals surface area (Å²) in [4.78, 5) is 23.9. The Bertz CT molecular complexity index is 1360. The highest BCUT2D eigenvalue weighted by Crippen LogP contribution is 2.38. The molecule has 1 fully saturated rings. The number of hydrogen-bond acceptors (Lipinski definition) is 5. The second-order valence-electron chi connectivity index (χ2n) is 12.3. The van der Waals surface area contributed by atoms with Crippen molar-refractivity contribution in [2.24, 2.45) is 5.92 Å². The van der Waals surface area contributed by atoms with Gasteiger partial charge in [-0.15, -0.1) is 0 Å². The van der Waals surface area contributed by atoms with E-state index in [2.05, 4.69) is 46.1 Å². The van der Waals surface area contributed by atoms with Gasteiger partial charge in [0.15, 0.2) is 0 Å². The van der Waals surface area contributed by atoms with Gasteiger partial charge in [0.1, 0.15) is 5.82 Å². The maximum Gasteiger partial charge on any atom is 0.255 e. The number of halogens is 3. The van der Waals surface area contributed by atoms with Crippen molar-refractivity contribution in [2.75, 3.05) is 53.5 Å². The van der Waals surface area contributed by atoms with Crippen molar-refractivity contribution in [1.82, 2.24) is 24.1 Å². The smallest absolute Gasteiger partial charge is 0.255 e. The van der Waals surface area contributed by atoms with E-state index in [-0.39, 0.29) is 11.5 Å². The van der Waals surface area contributed by atoms with Crippen molar-refractivity contribution >= 4 is 11.4 Å². The van der Waals surface area contributed by atoms with E-state index in [0.717, 1.165) is 73.4 Å². The molecule has 43 heavy (non-hydrogen) atoms. The predicted molar refractivity (Wildman–Crippen MR) is 164 cm³/mol. The number of fused-ring (bicyclic) bond motifs is 1. The van der Waals surface area contributed by atoms with Gasteiger partial charge in [-0.25, -0.2) is 13.2 Å². The fraction of sp³-hybridized carbons (Fsp3) is 0.576. The van der Waals surface area contributed by atoms with Gasteiger partial charge in [-0.2, -0.15) is 0 Å². The minimum Gasteiger partial charge on any atom is -0.383 e. The molecule has 1 amide bonds. The SMILES string of the molecule is COCCN(C)CCCC(C(C)C)N1CC(c2cc(-c3ccc(F)cc3C(=O)N(CC(F)F)C(C)C)c3cnccn23)C1. The average Bonchev–Trinajstić information content (AvgIpc) is 3.31. The first-order valence-electron chi connectivity index (χ1n) is 15.3. The number of carbonyl (C=O) groups excluding carboxylic acids is 1. The normalized spacial score (nSPS) is 15.3. The molecule has 1 aromatic carbocycles. The number of likely N-dealkylation sites (tertiary alicyclic amines) is 1. The Balaban J connectivity index is 1.58. The van der Waals surface area contributed by atoms with Crippen LogP contribution in [0.15, 0.2) is 42.9 Å². The lowest BCUT2D eigenvalue weighted by atomic mass is 9.88.